The molecule has 2 amide bonds. The van der Waals surface area contributed by atoms with Gasteiger partial charge in [-0.1, -0.05) is 19.1 Å². The lowest BCUT2D eigenvalue weighted by Crippen LogP contribution is -2.32. The summed E-state index contributed by atoms with van der Waals surface area (Å²) in [5, 5.41) is 2.90. The van der Waals surface area contributed by atoms with Crippen molar-refractivity contribution in [3.63, 3.8) is 0 Å². The molecule has 1 aliphatic heterocycles. The number of amides is 2. The molecule has 1 aromatic carbocycles. The second kappa shape index (κ2) is 7.99. The zero-order valence-electron chi connectivity index (χ0n) is 15.1. The van der Waals surface area contributed by atoms with Gasteiger partial charge in [-0.25, -0.2) is 4.98 Å². The number of carbonyl (C=O) groups is 2. The number of methoxy groups -OCH3 is 1. The van der Waals surface area contributed by atoms with Crippen LogP contribution in [0.2, 0.25) is 0 Å². The third kappa shape index (κ3) is 4.02. The number of rotatable bonds is 6. The number of nitrogens with zero attached hydrogens (tertiary/aromatic N) is 2. The molecule has 1 aliphatic rings. The van der Waals surface area contributed by atoms with Gasteiger partial charge in [-0.2, -0.15) is 0 Å². The van der Waals surface area contributed by atoms with Crippen LogP contribution in [0.5, 0.6) is 5.88 Å². The van der Waals surface area contributed by atoms with E-state index in [9.17, 15) is 9.59 Å². The van der Waals surface area contributed by atoms with Gasteiger partial charge in [0.25, 0.3) is 0 Å². The summed E-state index contributed by atoms with van der Waals surface area (Å²) in [7, 11) is 1.55. The summed E-state index contributed by atoms with van der Waals surface area (Å²) >= 11 is 0. The van der Waals surface area contributed by atoms with Gasteiger partial charge in [-0.15, -0.1) is 0 Å². The molecule has 0 spiro atoms. The molecule has 0 radical (unpaired) electrons. The fourth-order valence-corrected chi connectivity index (χ4v) is 3.05. The van der Waals surface area contributed by atoms with Gasteiger partial charge in [0.1, 0.15) is 0 Å². The topological polar surface area (TPSA) is 71.5 Å². The van der Waals surface area contributed by atoms with Crippen molar-refractivity contribution in [2.24, 2.45) is 5.92 Å². The molecule has 1 N–H and O–H groups in total. The van der Waals surface area contributed by atoms with Gasteiger partial charge in [0.05, 0.1) is 13.0 Å². The van der Waals surface area contributed by atoms with Crippen molar-refractivity contribution in [1.82, 2.24) is 10.3 Å². The Morgan fingerprint density at radius 1 is 1.27 bits per heavy atom. The predicted molar refractivity (Wildman–Crippen MR) is 98.9 cm³/mol. The van der Waals surface area contributed by atoms with Crippen LogP contribution in [0, 0.1) is 5.92 Å². The van der Waals surface area contributed by atoms with E-state index >= 15 is 0 Å². The molecule has 136 valence electrons. The van der Waals surface area contributed by atoms with Crippen molar-refractivity contribution < 1.29 is 14.3 Å². The molecular weight excluding hydrogens is 330 g/mol. The molecule has 0 aliphatic carbocycles. The van der Waals surface area contributed by atoms with Gasteiger partial charge in [0.2, 0.25) is 17.7 Å². The van der Waals surface area contributed by atoms with Crippen molar-refractivity contribution in [2.75, 3.05) is 18.6 Å². The molecule has 6 heteroatoms. The number of hydrogen-bond donors (Lipinski definition) is 1. The van der Waals surface area contributed by atoms with E-state index in [0.29, 0.717) is 19.0 Å². The summed E-state index contributed by atoms with van der Waals surface area (Å²) < 4.78 is 5.08. The molecule has 0 saturated carbocycles. The standard InChI is InChI=1S/C20H23N3O3/c1-3-14-4-6-17(7-5-14)23-13-16(11-19(23)24)20(25)22-12-15-8-9-21-18(10-15)26-2/h4-10,16H,3,11-13H2,1-2H3,(H,22,25). The van der Waals surface area contributed by atoms with E-state index in [1.54, 1.807) is 24.3 Å². The van der Waals surface area contributed by atoms with E-state index < -0.39 is 0 Å². The SMILES string of the molecule is CCc1ccc(N2CC(C(=O)NCc3ccnc(OC)c3)CC2=O)cc1. The Morgan fingerprint density at radius 2 is 2.04 bits per heavy atom. The van der Waals surface area contributed by atoms with Gasteiger partial charge >= 0.3 is 0 Å². The summed E-state index contributed by atoms with van der Waals surface area (Å²) in [6, 6.07) is 11.5. The minimum atomic E-state index is -0.336. The molecule has 3 rings (SSSR count). The molecule has 1 unspecified atom stereocenters. The molecule has 0 bridgehead atoms. The Bertz CT molecular complexity index is 789. The van der Waals surface area contributed by atoms with E-state index in [1.807, 2.05) is 30.3 Å². The summed E-state index contributed by atoms with van der Waals surface area (Å²) in [6.07, 6.45) is 2.83. The maximum atomic E-state index is 12.5. The maximum absolute atomic E-state index is 12.5. The van der Waals surface area contributed by atoms with E-state index in [4.69, 9.17) is 4.74 Å². The predicted octanol–water partition coefficient (Wildman–Crippen LogP) is 2.32. The van der Waals surface area contributed by atoms with Crippen molar-refractivity contribution in [3.8, 4) is 5.88 Å². The van der Waals surface area contributed by atoms with Crippen LogP contribution in [0.25, 0.3) is 0 Å². The molecule has 1 saturated heterocycles. The summed E-state index contributed by atoms with van der Waals surface area (Å²) in [5.41, 5.74) is 2.98. The number of benzene rings is 1. The van der Waals surface area contributed by atoms with Crippen LogP contribution in [0.4, 0.5) is 5.69 Å². The van der Waals surface area contributed by atoms with Crippen LogP contribution in [0.3, 0.4) is 0 Å². The first-order valence-corrected chi connectivity index (χ1v) is 8.76. The molecule has 1 fully saturated rings. The molecule has 6 nitrogen and oxygen atoms in total. The number of nitrogens with one attached hydrogen (secondary N) is 1. The highest BCUT2D eigenvalue weighted by Crippen LogP contribution is 2.25. The second-order valence-corrected chi connectivity index (χ2v) is 6.35. The lowest BCUT2D eigenvalue weighted by molar-refractivity contribution is -0.126. The summed E-state index contributed by atoms with van der Waals surface area (Å²) in [4.78, 5) is 30.5. The summed E-state index contributed by atoms with van der Waals surface area (Å²) in [6.45, 7) is 2.89. The maximum Gasteiger partial charge on any atom is 0.227 e. The molecule has 26 heavy (non-hydrogen) atoms. The Hall–Kier alpha value is -2.89. The van der Waals surface area contributed by atoms with Crippen LogP contribution in [0.1, 0.15) is 24.5 Å². The minimum absolute atomic E-state index is 0.0139. The fraction of sp³-hybridized carbons (Fsp3) is 0.350. The van der Waals surface area contributed by atoms with Crippen LogP contribution in [0.15, 0.2) is 42.6 Å². The van der Waals surface area contributed by atoms with Gasteiger partial charge in [-0.3, -0.25) is 9.59 Å². The molecule has 2 aromatic rings. The molecule has 1 aromatic heterocycles. The van der Waals surface area contributed by atoms with Crippen molar-refractivity contribution in [1.29, 1.82) is 0 Å². The quantitative estimate of drug-likeness (QED) is 0.865. The van der Waals surface area contributed by atoms with E-state index in [2.05, 4.69) is 17.2 Å². The van der Waals surface area contributed by atoms with Crippen LogP contribution < -0.4 is 15.0 Å². The number of carbonyl (C=O) groups excluding carboxylic acids is 2. The van der Waals surface area contributed by atoms with Crippen molar-refractivity contribution >= 4 is 17.5 Å². The van der Waals surface area contributed by atoms with Crippen LogP contribution >= 0.6 is 0 Å². The zero-order chi connectivity index (χ0) is 18.5. The summed E-state index contributed by atoms with van der Waals surface area (Å²) in [5.74, 6) is 0.0494. The largest absolute Gasteiger partial charge is 0.481 e. The highest BCUT2D eigenvalue weighted by molar-refractivity contribution is 6.00. The highest BCUT2D eigenvalue weighted by Gasteiger charge is 2.34. The highest BCUT2D eigenvalue weighted by atomic mass is 16.5. The normalized spacial score (nSPS) is 16.6. The number of ether oxygens (including phenoxy) is 1. The number of aromatic nitrogens is 1. The van der Waals surface area contributed by atoms with E-state index in [-0.39, 0.29) is 24.2 Å². The van der Waals surface area contributed by atoms with Crippen LogP contribution in [-0.4, -0.2) is 30.5 Å². The minimum Gasteiger partial charge on any atom is -0.481 e. The Labute approximate surface area is 153 Å². The third-order valence-electron chi connectivity index (χ3n) is 4.63. The monoisotopic (exact) mass is 353 g/mol. The zero-order valence-corrected chi connectivity index (χ0v) is 15.1. The number of pyridine rings is 1. The average molecular weight is 353 g/mol. The van der Waals surface area contributed by atoms with Gasteiger partial charge in [0, 0.05) is 37.5 Å². The first-order chi connectivity index (χ1) is 12.6. The van der Waals surface area contributed by atoms with Gasteiger partial charge < -0.3 is 15.0 Å². The molecular formula is C20H23N3O3. The molecule has 1 atom stereocenters. The Morgan fingerprint density at radius 3 is 2.73 bits per heavy atom. The first-order valence-electron chi connectivity index (χ1n) is 8.76. The second-order valence-electron chi connectivity index (χ2n) is 6.35. The van der Waals surface area contributed by atoms with Crippen molar-refractivity contribution in [2.45, 2.75) is 26.3 Å². The Kier molecular flexibility index (Phi) is 5.51. The van der Waals surface area contributed by atoms with Crippen molar-refractivity contribution in [3.05, 3.63) is 53.7 Å². The van der Waals surface area contributed by atoms with Gasteiger partial charge in [0.15, 0.2) is 0 Å². The lowest BCUT2D eigenvalue weighted by Gasteiger charge is -2.17. The smallest absolute Gasteiger partial charge is 0.227 e. The lowest BCUT2D eigenvalue weighted by atomic mass is 10.1. The molecule has 2 heterocycles. The van der Waals surface area contributed by atoms with Gasteiger partial charge in [-0.05, 0) is 35.7 Å². The number of anilines is 1. The number of hydrogen-bond acceptors (Lipinski definition) is 4. The third-order valence-corrected chi connectivity index (χ3v) is 4.63. The van der Waals surface area contributed by atoms with E-state index in [0.717, 1.165) is 17.7 Å². The first kappa shape index (κ1) is 17.9. The fourth-order valence-electron chi connectivity index (χ4n) is 3.05. The average Bonchev–Trinajstić information content (AvgIpc) is 3.08. The Balaban J connectivity index is 1.59. The van der Waals surface area contributed by atoms with E-state index in [1.165, 1.54) is 5.56 Å². The number of aryl methyl sites for hydroxylation is 1. The van der Waals surface area contributed by atoms with Crippen LogP contribution in [-0.2, 0) is 22.6 Å².